The van der Waals surface area contributed by atoms with Crippen LogP contribution in [-0.4, -0.2) is 411 Å². The van der Waals surface area contributed by atoms with Crippen molar-refractivity contribution >= 4 is 82.3 Å². The summed E-state index contributed by atoms with van der Waals surface area (Å²) in [6.07, 6.45) is 20.7. The summed E-state index contributed by atoms with van der Waals surface area (Å²) in [5, 5.41) is 33.6. The Hall–Kier alpha value is -7.42. The fourth-order valence-corrected chi connectivity index (χ4v) is 11.4. The molecule has 10 N–H and O–H groups in total. The van der Waals surface area contributed by atoms with E-state index >= 15 is 0 Å². The normalized spacial score (nSPS) is 11.4. The van der Waals surface area contributed by atoms with Gasteiger partial charge in [0.2, 0.25) is 53.2 Å². The first kappa shape index (κ1) is 126. The number of rotatable bonds is 106. The maximum atomic E-state index is 12.6. The van der Waals surface area contributed by atoms with Gasteiger partial charge in [-0.1, -0.05) is 89.9 Å². The van der Waals surface area contributed by atoms with Gasteiger partial charge in [0, 0.05) is 97.6 Å². The minimum Gasteiger partial charge on any atom is -0.481 e. The zero-order chi connectivity index (χ0) is 97.1. The number of carboxylic acid groups (broad SMARTS) is 1. The Balaban J connectivity index is 3.50. The third-order valence-corrected chi connectivity index (χ3v) is 18.3. The smallest absolute Gasteiger partial charge is 0.306 e. The first-order valence-corrected chi connectivity index (χ1v) is 47.0. The number of Topliss-reactive ketones (excluding diaryl/α,β-unsaturated/α-hetero) is 4. The maximum Gasteiger partial charge on any atom is 0.306 e. The molecule has 0 aliphatic carbocycles. The van der Waals surface area contributed by atoms with Crippen LogP contribution in [0.15, 0.2) is 0 Å². The van der Waals surface area contributed by atoms with E-state index in [0.717, 1.165) is 38.5 Å². The van der Waals surface area contributed by atoms with E-state index in [1.165, 1.54) is 71.1 Å². The van der Waals surface area contributed by atoms with Gasteiger partial charge in [0.1, 0.15) is 77.6 Å². The lowest BCUT2D eigenvalue weighted by molar-refractivity contribution is -0.144. The third kappa shape index (κ3) is 100. The molecule has 44 heteroatoms. The number of carboxylic acids is 1. The molecule has 0 spiro atoms. The summed E-state index contributed by atoms with van der Waals surface area (Å²) in [7, 11) is 0. The Bertz CT molecular complexity index is 2930. The number of carbonyl (C=O) groups excluding carboxylic acids is 13. The van der Waals surface area contributed by atoms with Gasteiger partial charge in [0.25, 0.3) is 0 Å². The molecule has 0 unspecified atom stereocenters. The first-order valence-electron chi connectivity index (χ1n) is 47.0. The summed E-state index contributed by atoms with van der Waals surface area (Å²) in [6.45, 7) is 10.2. The molecule has 0 saturated heterocycles. The van der Waals surface area contributed by atoms with Crippen LogP contribution >= 0.6 is 0 Å². The molecule has 0 aliphatic rings. The second-order valence-electron chi connectivity index (χ2n) is 30.3. The number of amides is 9. The van der Waals surface area contributed by atoms with Gasteiger partial charge >= 0.3 is 5.97 Å². The number of nitrogens with one attached hydrogen (secondary N) is 9. The van der Waals surface area contributed by atoms with Crippen molar-refractivity contribution in [1.29, 1.82) is 0 Å². The Kier molecular flexibility index (Phi) is 93.5. The Morgan fingerprint density at radius 2 is 0.383 bits per heavy atom. The van der Waals surface area contributed by atoms with Crippen molar-refractivity contribution in [2.45, 2.75) is 162 Å². The molecular formula is C89H161N9O35. The highest BCUT2D eigenvalue weighted by Crippen LogP contribution is 2.18. The van der Waals surface area contributed by atoms with Crippen LogP contribution < -0.4 is 47.9 Å². The second kappa shape index (κ2) is 99.1. The molecule has 0 bridgehead atoms. The van der Waals surface area contributed by atoms with Gasteiger partial charge in [-0.25, -0.2) is 0 Å². The van der Waals surface area contributed by atoms with Gasteiger partial charge in [-0.15, -0.1) is 0 Å². The largest absolute Gasteiger partial charge is 0.481 e. The molecular weight excluding hydrogens is 1760 g/mol. The van der Waals surface area contributed by atoms with E-state index in [1.807, 2.05) is 0 Å². The average Bonchev–Trinajstić information content (AvgIpc) is 0.930. The summed E-state index contributed by atoms with van der Waals surface area (Å²) in [5.41, 5.74) is 0. The molecule has 0 heterocycles. The zero-order valence-electron chi connectivity index (χ0n) is 79.3. The zero-order valence-corrected chi connectivity index (χ0v) is 79.3. The Morgan fingerprint density at radius 3 is 0.617 bits per heavy atom. The van der Waals surface area contributed by atoms with Gasteiger partial charge in [-0.05, 0) is 39.5 Å². The molecule has 772 valence electrons. The summed E-state index contributed by atoms with van der Waals surface area (Å²) >= 11 is 0. The number of hydrogen-bond donors (Lipinski definition) is 10. The van der Waals surface area contributed by atoms with E-state index < -0.39 is 11.9 Å². The minimum atomic E-state index is -1.08. The van der Waals surface area contributed by atoms with Crippen molar-refractivity contribution in [3.05, 3.63) is 0 Å². The highest BCUT2D eigenvalue weighted by atomic mass is 16.6. The molecule has 0 rings (SSSR count). The summed E-state index contributed by atoms with van der Waals surface area (Å²) in [5.74, 6) is -4.94. The van der Waals surface area contributed by atoms with Gasteiger partial charge < -0.3 is 152 Å². The lowest BCUT2D eigenvalue weighted by Crippen LogP contribution is -2.33. The molecule has 44 nitrogen and oxygen atoms in total. The van der Waals surface area contributed by atoms with Crippen molar-refractivity contribution in [1.82, 2.24) is 47.9 Å². The predicted molar refractivity (Wildman–Crippen MR) is 482 cm³/mol. The van der Waals surface area contributed by atoms with Gasteiger partial charge in [-0.2, -0.15) is 0 Å². The topological polar surface area (TPSA) is 552 Å². The molecule has 9 amide bonds. The van der Waals surface area contributed by atoms with E-state index in [-0.39, 0.29) is 399 Å². The number of ketones is 4. The van der Waals surface area contributed by atoms with E-state index in [9.17, 15) is 72.2 Å². The van der Waals surface area contributed by atoms with E-state index in [0.29, 0.717) is 45.5 Å². The maximum absolute atomic E-state index is 12.6. The average molecular weight is 1920 g/mol. The van der Waals surface area contributed by atoms with Crippen molar-refractivity contribution in [3.8, 4) is 0 Å². The number of aliphatic carboxylic acids is 1. The van der Waals surface area contributed by atoms with Crippen LogP contribution in [0.4, 0.5) is 0 Å². The van der Waals surface area contributed by atoms with Crippen molar-refractivity contribution in [3.63, 3.8) is 0 Å². The van der Waals surface area contributed by atoms with Gasteiger partial charge in [0.15, 0.2) is 11.6 Å². The lowest BCUT2D eigenvalue weighted by Gasteiger charge is -2.12. The number of hydrogen-bond acceptors (Lipinski definition) is 34. The molecule has 1 atom stereocenters. The van der Waals surface area contributed by atoms with Gasteiger partial charge in [0.05, 0.1) is 198 Å². The number of unbranched alkanes of at least 4 members (excludes halogenated alkanes) is 15. The molecule has 133 heavy (non-hydrogen) atoms. The molecule has 0 aromatic rings. The fraction of sp³-hybridized carbons (Fsp3) is 0.843. The van der Waals surface area contributed by atoms with Crippen LogP contribution in [0.5, 0.6) is 0 Å². The van der Waals surface area contributed by atoms with Crippen molar-refractivity contribution < 1.29 is 167 Å². The van der Waals surface area contributed by atoms with Crippen LogP contribution in [-0.2, 0) is 162 Å². The SMILES string of the molecule is CC(=O)CCCCCCCCCCCCCCCCCCC(=O)C[C@@H](CCC(=O)NCCOCCOCC(=O)NCCOCCOCC(=O)NCCOCCOCC(=O)NCCOCCOCC(=O)NCCOCCOCC(=O)NCCOCCOCC(=O)NCCOCCOCC(=O)NCCOCCOCC(=O)NCCOCCOCC(=O)CCCOCCOCC(C)=O)C(=O)O. The van der Waals surface area contributed by atoms with Crippen LogP contribution in [0.3, 0.4) is 0 Å². The highest BCUT2D eigenvalue weighted by molar-refractivity contribution is 5.85. The lowest BCUT2D eigenvalue weighted by atomic mass is 9.94. The Labute approximate surface area is 784 Å². The molecule has 0 aromatic carbocycles. The number of carbonyl (C=O) groups is 14. The molecule has 0 saturated carbocycles. The summed E-state index contributed by atoms with van der Waals surface area (Å²) in [6, 6.07) is 0. The quantitative estimate of drug-likeness (QED) is 0.0367. The van der Waals surface area contributed by atoms with E-state index in [4.69, 9.17) is 94.7 Å². The van der Waals surface area contributed by atoms with Crippen LogP contribution in [0.25, 0.3) is 0 Å². The van der Waals surface area contributed by atoms with Crippen molar-refractivity contribution in [2.75, 3.05) is 323 Å². The monoisotopic (exact) mass is 1920 g/mol. The van der Waals surface area contributed by atoms with Gasteiger partial charge in [-0.3, -0.25) is 62.3 Å². The van der Waals surface area contributed by atoms with Crippen LogP contribution in [0.1, 0.15) is 162 Å². The number of ether oxygens (including phenoxy) is 20. The van der Waals surface area contributed by atoms with Crippen LogP contribution in [0.2, 0.25) is 0 Å². The van der Waals surface area contributed by atoms with E-state index in [2.05, 4.69) is 47.9 Å². The highest BCUT2D eigenvalue weighted by Gasteiger charge is 2.23. The van der Waals surface area contributed by atoms with Crippen LogP contribution in [0, 0.1) is 5.92 Å². The molecule has 0 radical (unpaired) electrons. The summed E-state index contributed by atoms with van der Waals surface area (Å²) in [4.78, 5) is 167. The predicted octanol–water partition coefficient (Wildman–Crippen LogP) is 0.354. The third-order valence-electron chi connectivity index (χ3n) is 18.3. The minimum absolute atomic E-state index is 0.0193. The molecule has 0 aliphatic heterocycles. The summed E-state index contributed by atoms with van der Waals surface area (Å²) < 4.78 is 107. The standard InChI is InChI=1S/C89H161N9O35/c1-75(99)20-17-15-13-11-9-7-5-3-4-6-8-10-12-14-16-18-21-78(101)64-77(89(112)113)23-24-80(103)90-25-35-115-46-56-126-67-82(105)92-27-37-117-48-58-128-69-84(107)94-29-39-119-50-60-130-71-86(109)96-31-41-121-52-62-132-73-88(111)98-33-43-123-53-63-133-74-87(110)97-32-42-122-51-61-131-72-85(108)95-30-40-120-49-59-129-70-83(106)93-28-38-118-47-57-127-68-81(104)91-26-36-116-45-55-125-66-79(102)22-19-34-114-44-54-124-65-76(2)100/h77H,3-74H2,1-2H3,(H,90,103)(H,91,104)(H,92,105)(H,93,106)(H,94,107)(H,95,108)(H,96,109)(H,97,110)(H,98,111)(H,112,113)/t77-/m1/s1. The molecule has 0 aromatic heterocycles. The fourth-order valence-electron chi connectivity index (χ4n) is 11.4. The van der Waals surface area contributed by atoms with E-state index in [1.54, 1.807) is 6.92 Å². The Morgan fingerprint density at radius 1 is 0.188 bits per heavy atom. The molecule has 0 fully saturated rings. The first-order chi connectivity index (χ1) is 64.8. The van der Waals surface area contributed by atoms with Crippen molar-refractivity contribution in [2.24, 2.45) is 5.92 Å². The second-order valence-corrected chi connectivity index (χ2v) is 30.3.